The molecule has 0 saturated carbocycles. The second-order valence-corrected chi connectivity index (χ2v) is 6.85. The highest BCUT2D eigenvalue weighted by Gasteiger charge is 2.15. The summed E-state index contributed by atoms with van der Waals surface area (Å²) < 4.78 is 0. The quantitative estimate of drug-likeness (QED) is 0.630. The second-order valence-electron chi connectivity index (χ2n) is 6.85. The zero-order valence-electron chi connectivity index (χ0n) is 16.4. The van der Waals surface area contributed by atoms with E-state index in [0.29, 0.717) is 25.2 Å². The van der Waals surface area contributed by atoms with Crippen molar-refractivity contribution in [3.63, 3.8) is 0 Å². The van der Waals surface area contributed by atoms with Crippen molar-refractivity contribution in [1.29, 1.82) is 0 Å². The molecule has 146 valence electrons. The Morgan fingerprint density at radius 3 is 2.71 bits per heavy atom. The van der Waals surface area contributed by atoms with Gasteiger partial charge in [-0.2, -0.15) is 0 Å². The maximum atomic E-state index is 12.4. The number of benzene rings is 1. The molecule has 0 atom stereocenters. The topological polar surface area (TPSA) is 78.1 Å². The summed E-state index contributed by atoms with van der Waals surface area (Å²) in [5.41, 5.74) is 2.80. The molecule has 0 fully saturated rings. The summed E-state index contributed by atoms with van der Waals surface area (Å²) in [4.78, 5) is 34.0. The van der Waals surface area contributed by atoms with Crippen LogP contribution in [0, 0.1) is 0 Å². The number of unbranched alkanes of at least 4 members (excludes halogenated alkanes) is 1. The van der Waals surface area contributed by atoms with Crippen LogP contribution in [0.3, 0.4) is 0 Å². The second kappa shape index (κ2) is 9.17. The van der Waals surface area contributed by atoms with Gasteiger partial charge in [0.15, 0.2) is 0 Å². The van der Waals surface area contributed by atoms with Crippen molar-refractivity contribution in [1.82, 2.24) is 20.2 Å². The van der Waals surface area contributed by atoms with Crippen LogP contribution in [0.5, 0.6) is 0 Å². The Morgan fingerprint density at radius 2 is 1.89 bits per heavy atom. The van der Waals surface area contributed by atoms with Crippen LogP contribution in [0.2, 0.25) is 0 Å². The average Bonchev–Trinajstić information content (AvgIpc) is 3.14. The first-order valence-electron chi connectivity index (χ1n) is 9.66. The van der Waals surface area contributed by atoms with Gasteiger partial charge in [-0.3, -0.25) is 9.59 Å². The first-order valence-corrected chi connectivity index (χ1v) is 9.66. The molecule has 2 aromatic heterocycles. The lowest BCUT2D eigenvalue weighted by Crippen LogP contribution is -2.30. The molecule has 0 unspecified atom stereocenters. The summed E-state index contributed by atoms with van der Waals surface area (Å²) in [6, 6.07) is 13.1. The summed E-state index contributed by atoms with van der Waals surface area (Å²) in [5, 5.41) is 4.06. The number of amides is 2. The van der Waals surface area contributed by atoms with Crippen molar-refractivity contribution in [2.45, 2.75) is 26.2 Å². The molecule has 0 bridgehead atoms. The van der Waals surface area contributed by atoms with Crippen LogP contribution in [0.25, 0.3) is 10.9 Å². The normalized spacial score (nSPS) is 10.8. The molecule has 0 saturated heterocycles. The predicted octanol–water partition coefficient (Wildman–Crippen LogP) is 3.41. The maximum Gasteiger partial charge on any atom is 0.272 e. The summed E-state index contributed by atoms with van der Waals surface area (Å²) in [6.07, 6.45) is 4.65. The molecule has 28 heavy (non-hydrogen) atoms. The monoisotopic (exact) mass is 378 g/mol. The van der Waals surface area contributed by atoms with Crippen molar-refractivity contribution in [2.75, 3.05) is 20.1 Å². The number of carbonyl (C=O) groups is 2. The Hall–Kier alpha value is -3.15. The van der Waals surface area contributed by atoms with E-state index in [1.807, 2.05) is 24.4 Å². The highest BCUT2D eigenvalue weighted by molar-refractivity contribution is 5.96. The lowest BCUT2D eigenvalue weighted by atomic mass is 10.1. The molecule has 1 aromatic carbocycles. The average molecular weight is 378 g/mol. The number of hydrogen-bond donors (Lipinski definition) is 2. The Morgan fingerprint density at radius 1 is 1.11 bits per heavy atom. The number of rotatable bonds is 8. The van der Waals surface area contributed by atoms with Gasteiger partial charge >= 0.3 is 0 Å². The third kappa shape index (κ3) is 4.57. The number of aromatic nitrogens is 2. The number of pyridine rings is 1. The maximum absolute atomic E-state index is 12.4. The van der Waals surface area contributed by atoms with Crippen molar-refractivity contribution >= 4 is 22.7 Å². The van der Waals surface area contributed by atoms with E-state index >= 15 is 0 Å². The molecule has 0 aliphatic carbocycles. The Kier molecular flexibility index (Phi) is 6.42. The Labute approximate surface area is 165 Å². The third-order valence-electron chi connectivity index (χ3n) is 4.75. The van der Waals surface area contributed by atoms with E-state index in [4.69, 9.17) is 0 Å². The van der Waals surface area contributed by atoms with Gasteiger partial charge < -0.3 is 15.2 Å². The zero-order chi connectivity index (χ0) is 19.9. The van der Waals surface area contributed by atoms with E-state index < -0.39 is 0 Å². The number of H-pyrrole nitrogens is 1. The molecular weight excluding hydrogens is 352 g/mol. The number of carbonyl (C=O) groups excluding carboxylic acids is 2. The summed E-state index contributed by atoms with van der Waals surface area (Å²) in [7, 11) is 1.76. The number of nitrogens with one attached hydrogen (secondary N) is 2. The molecule has 6 heteroatoms. The summed E-state index contributed by atoms with van der Waals surface area (Å²) >= 11 is 0. The first kappa shape index (κ1) is 19.6. The molecular formula is C22H26N4O2. The van der Waals surface area contributed by atoms with Gasteiger partial charge in [-0.1, -0.05) is 37.6 Å². The van der Waals surface area contributed by atoms with Crippen molar-refractivity contribution in [2.24, 2.45) is 0 Å². The van der Waals surface area contributed by atoms with Crippen LogP contribution in [-0.4, -0.2) is 46.8 Å². The lowest BCUT2D eigenvalue weighted by Gasteiger charge is -2.16. The van der Waals surface area contributed by atoms with Gasteiger partial charge in [-0.15, -0.1) is 0 Å². The van der Waals surface area contributed by atoms with Gasteiger partial charge in [-0.25, -0.2) is 4.98 Å². The van der Waals surface area contributed by atoms with Gasteiger partial charge in [0.25, 0.3) is 11.8 Å². The van der Waals surface area contributed by atoms with E-state index in [1.54, 1.807) is 30.1 Å². The Balaban J connectivity index is 1.59. The number of nitrogens with zero attached hydrogens (tertiary/aromatic N) is 2. The molecule has 6 nitrogen and oxygen atoms in total. The van der Waals surface area contributed by atoms with Gasteiger partial charge in [0, 0.05) is 37.2 Å². The van der Waals surface area contributed by atoms with Crippen LogP contribution >= 0.6 is 0 Å². The molecule has 2 N–H and O–H groups in total. The fourth-order valence-electron chi connectivity index (χ4n) is 3.11. The Bertz CT molecular complexity index is 964. The van der Waals surface area contributed by atoms with Gasteiger partial charge in [0.05, 0.1) is 0 Å². The SMILES string of the molecule is CCCCN(C)C(=O)c1cccc(C(=O)NCCc2c[nH]c3ccccc23)n1. The molecule has 0 radical (unpaired) electrons. The van der Waals surface area contributed by atoms with Crippen LogP contribution in [0.4, 0.5) is 0 Å². The lowest BCUT2D eigenvalue weighted by molar-refractivity contribution is 0.0787. The summed E-state index contributed by atoms with van der Waals surface area (Å²) in [6.45, 7) is 3.26. The van der Waals surface area contributed by atoms with Crippen molar-refractivity contribution in [3.05, 3.63) is 65.6 Å². The van der Waals surface area contributed by atoms with E-state index in [-0.39, 0.29) is 17.5 Å². The minimum absolute atomic E-state index is 0.165. The van der Waals surface area contributed by atoms with Crippen LogP contribution < -0.4 is 5.32 Å². The standard InChI is InChI=1S/C22H26N4O2/c1-3-4-14-26(2)22(28)20-11-7-10-19(25-20)21(27)23-13-12-16-15-24-18-9-6-5-8-17(16)18/h5-11,15,24H,3-4,12-14H2,1-2H3,(H,23,27). The van der Waals surface area contributed by atoms with E-state index in [9.17, 15) is 9.59 Å². The van der Waals surface area contributed by atoms with E-state index in [0.717, 1.165) is 29.3 Å². The predicted molar refractivity (Wildman–Crippen MR) is 110 cm³/mol. The fourth-order valence-corrected chi connectivity index (χ4v) is 3.11. The van der Waals surface area contributed by atoms with E-state index in [2.05, 4.69) is 28.3 Å². The molecule has 3 aromatic rings. The number of para-hydroxylation sites is 1. The highest BCUT2D eigenvalue weighted by atomic mass is 16.2. The fraction of sp³-hybridized carbons (Fsp3) is 0.318. The number of hydrogen-bond acceptors (Lipinski definition) is 3. The number of aromatic amines is 1. The minimum atomic E-state index is -0.272. The summed E-state index contributed by atoms with van der Waals surface area (Å²) in [5.74, 6) is -0.437. The molecule has 2 heterocycles. The van der Waals surface area contributed by atoms with Crippen LogP contribution in [0.15, 0.2) is 48.7 Å². The van der Waals surface area contributed by atoms with Crippen molar-refractivity contribution in [3.8, 4) is 0 Å². The van der Waals surface area contributed by atoms with Gasteiger partial charge in [0.1, 0.15) is 11.4 Å². The van der Waals surface area contributed by atoms with E-state index in [1.165, 1.54) is 0 Å². The zero-order valence-corrected chi connectivity index (χ0v) is 16.4. The van der Waals surface area contributed by atoms with Crippen molar-refractivity contribution < 1.29 is 9.59 Å². The third-order valence-corrected chi connectivity index (χ3v) is 4.75. The molecule has 0 spiro atoms. The number of fused-ring (bicyclic) bond motifs is 1. The van der Waals surface area contributed by atoms with Gasteiger partial charge in [-0.05, 0) is 36.6 Å². The smallest absolute Gasteiger partial charge is 0.272 e. The minimum Gasteiger partial charge on any atom is -0.361 e. The molecule has 0 aliphatic rings. The largest absolute Gasteiger partial charge is 0.361 e. The van der Waals surface area contributed by atoms with Crippen LogP contribution in [-0.2, 0) is 6.42 Å². The highest BCUT2D eigenvalue weighted by Crippen LogP contribution is 2.17. The first-order chi connectivity index (χ1) is 13.6. The molecule has 2 amide bonds. The van der Waals surface area contributed by atoms with Crippen LogP contribution in [0.1, 0.15) is 46.3 Å². The molecule has 3 rings (SSSR count). The molecule has 0 aliphatic heterocycles. The van der Waals surface area contributed by atoms with Gasteiger partial charge in [0.2, 0.25) is 0 Å².